The van der Waals surface area contributed by atoms with Crippen LogP contribution in [0.25, 0.3) is 0 Å². The molecule has 0 aromatic rings. The first-order valence-corrected chi connectivity index (χ1v) is 9.67. The molecular weight excluding hydrogens is 330 g/mol. The molecule has 4 saturated carbocycles. The lowest BCUT2D eigenvalue weighted by Crippen LogP contribution is -2.60. The van der Waals surface area contributed by atoms with Gasteiger partial charge < -0.3 is 9.84 Å². The Morgan fingerprint density at radius 3 is 2.04 bits per heavy atom. The van der Waals surface area contributed by atoms with Crippen molar-refractivity contribution < 1.29 is 31.6 Å². The fourth-order valence-electron chi connectivity index (χ4n) is 5.32. The lowest BCUT2D eigenvalue weighted by Gasteiger charge is -2.61. The van der Waals surface area contributed by atoms with Gasteiger partial charge in [-0.1, -0.05) is 6.92 Å². The van der Waals surface area contributed by atoms with Crippen molar-refractivity contribution in [1.82, 2.24) is 0 Å². The van der Waals surface area contributed by atoms with Gasteiger partial charge in [-0.15, -0.1) is 0 Å². The highest BCUT2D eigenvalue weighted by atomic mass is 32.2. The molecule has 0 atom stereocenters. The van der Waals surface area contributed by atoms with Gasteiger partial charge in [-0.3, -0.25) is 4.55 Å². The minimum atomic E-state index is -5.44. The van der Waals surface area contributed by atoms with Crippen LogP contribution in [0.4, 0.5) is 8.78 Å². The second kappa shape index (κ2) is 5.61. The molecule has 4 fully saturated rings. The molecule has 4 rings (SSSR count). The Kier molecular flexibility index (Phi) is 4.27. The van der Waals surface area contributed by atoms with E-state index in [0.717, 1.165) is 32.1 Å². The monoisotopic (exact) mass is 354 g/mol. The summed E-state index contributed by atoms with van der Waals surface area (Å²) in [5.74, 6) is 1.41. The maximum Gasteiger partial charge on any atom is 0.392 e. The van der Waals surface area contributed by atoms with E-state index in [1.807, 2.05) is 6.92 Å². The van der Waals surface area contributed by atoms with E-state index in [9.17, 15) is 22.3 Å². The van der Waals surface area contributed by atoms with Gasteiger partial charge in [0.15, 0.2) is 0 Å². The molecule has 4 aliphatic carbocycles. The van der Waals surface area contributed by atoms with E-state index in [1.165, 1.54) is 0 Å². The summed E-state index contributed by atoms with van der Waals surface area (Å²) in [6, 6.07) is 0. The third kappa shape index (κ3) is 2.81. The Hall–Kier alpha value is -0.310. The third-order valence-corrected chi connectivity index (χ3v) is 7.37. The molecule has 8 heteroatoms. The van der Waals surface area contributed by atoms with Gasteiger partial charge in [-0.05, 0) is 61.7 Å². The summed E-state index contributed by atoms with van der Waals surface area (Å²) >= 11 is 0. The molecule has 23 heavy (non-hydrogen) atoms. The van der Waals surface area contributed by atoms with E-state index in [4.69, 9.17) is 9.29 Å². The molecule has 0 aromatic heterocycles. The average molecular weight is 354 g/mol. The van der Waals surface area contributed by atoms with Crippen molar-refractivity contribution in [2.45, 2.75) is 49.9 Å². The first-order chi connectivity index (χ1) is 10.6. The summed E-state index contributed by atoms with van der Waals surface area (Å²) in [5.41, 5.74) is -0.573. The van der Waals surface area contributed by atoms with Crippen molar-refractivity contribution in [1.29, 1.82) is 0 Å². The van der Waals surface area contributed by atoms with Crippen molar-refractivity contribution in [2.24, 2.45) is 29.6 Å². The normalized spacial score (nSPS) is 43.1. The van der Waals surface area contributed by atoms with Crippen LogP contribution in [0.5, 0.6) is 0 Å². The van der Waals surface area contributed by atoms with Crippen LogP contribution in [0.3, 0.4) is 0 Å². The van der Waals surface area contributed by atoms with Gasteiger partial charge in [0, 0.05) is 0 Å². The second-order valence-corrected chi connectivity index (χ2v) is 9.04. The molecule has 2 N–H and O–H groups in total. The fraction of sp³-hybridized carbons (Fsp3) is 1.00. The highest BCUT2D eigenvalue weighted by Crippen LogP contribution is 2.61. The summed E-state index contributed by atoms with van der Waals surface area (Å²) in [6.45, 7) is 0.790. The van der Waals surface area contributed by atoms with Gasteiger partial charge in [-0.2, -0.15) is 17.2 Å². The second-order valence-electron chi connectivity index (χ2n) is 7.49. The minimum absolute atomic E-state index is 0.0877. The van der Waals surface area contributed by atoms with Crippen LogP contribution in [0, 0.1) is 29.6 Å². The summed E-state index contributed by atoms with van der Waals surface area (Å²) < 4.78 is 61.0. The zero-order valence-electron chi connectivity index (χ0n) is 13.1. The minimum Gasteiger partial charge on any atom is -0.389 e. The number of alkyl halides is 2. The van der Waals surface area contributed by atoms with Gasteiger partial charge in [-0.25, -0.2) is 0 Å². The smallest absolute Gasteiger partial charge is 0.389 e. The highest BCUT2D eigenvalue weighted by molar-refractivity contribution is 7.86. The van der Waals surface area contributed by atoms with Crippen LogP contribution < -0.4 is 0 Å². The number of ether oxygens (including phenoxy) is 1. The van der Waals surface area contributed by atoms with Gasteiger partial charge >= 0.3 is 15.4 Å². The maximum absolute atomic E-state index is 13.2. The van der Waals surface area contributed by atoms with Crippen LogP contribution in [0.1, 0.15) is 39.0 Å². The molecule has 0 aromatic carbocycles. The Morgan fingerprint density at radius 2 is 1.65 bits per heavy atom. The summed E-state index contributed by atoms with van der Waals surface area (Å²) in [6.07, 6.45) is 4.31. The van der Waals surface area contributed by atoms with Crippen molar-refractivity contribution in [3.05, 3.63) is 0 Å². The molecule has 0 radical (unpaired) electrons. The largest absolute Gasteiger partial charge is 0.392 e. The number of rotatable bonds is 6. The summed E-state index contributed by atoms with van der Waals surface area (Å²) in [5, 5.41) is 6.57. The van der Waals surface area contributed by atoms with Crippen molar-refractivity contribution in [2.75, 3.05) is 13.2 Å². The van der Waals surface area contributed by atoms with Crippen molar-refractivity contribution in [3.63, 3.8) is 0 Å². The van der Waals surface area contributed by atoms with Gasteiger partial charge in [0.25, 0.3) is 0 Å². The number of hydrogen-bond donors (Lipinski definition) is 2. The first-order valence-electron chi connectivity index (χ1n) is 8.23. The molecule has 5 nitrogen and oxygen atoms in total. The molecule has 0 saturated heterocycles. The van der Waals surface area contributed by atoms with Gasteiger partial charge in [0.1, 0.15) is 6.61 Å². The molecule has 0 heterocycles. The van der Waals surface area contributed by atoms with Gasteiger partial charge in [0.2, 0.25) is 0 Å². The van der Waals surface area contributed by atoms with Crippen LogP contribution in [-0.2, 0) is 14.9 Å². The number of hydrogen-bond acceptors (Lipinski definition) is 4. The first kappa shape index (κ1) is 17.5. The fourth-order valence-corrected chi connectivity index (χ4v) is 5.55. The molecule has 134 valence electrons. The van der Waals surface area contributed by atoms with E-state index in [1.54, 1.807) is 0 Å². The highest BCUT2D eigenvalue weighted by Gasteiger charge is 2.58. The van der Waals surface area contributed by atoms with E-state index in [0.29, 0.717) is 11.8 Å². The molecule has 0 unspecified atom stereocenters. The number of halogens is 2. The van der Waals surface area contributed by atoms with Crippen molar-refractivity contribution in [3.8, 4) is 0 Å². The molecule has 0 amide bonds. The zero-order chi connectivity index (χ0) is 17.0. The Balaban J connectivity index is 1.59. The molecule has 4 bridgehead atoms. The predicted octanol–water partition coefficient (Wildman–Crippen LogP) is 2.31. The van der Waals surface area contributed by atoms with Crippen LogP contribution in [-0.4, -0.2) is 42.1 Å². The van der Waals surface area contributed by atoms with Crippen LogP contribution >= 0.6 is 0 Å². The summed E-state index contributed by atoms with van der Waals surface area (Å²) in [4.78, 5) is 0. The average Bonchev–Trinajstić information content (AvgIpc) is 2.43. The van der Waals surface area contributed by atoms with E-state index < -0.39 is 27.6 Å². The quantitative estimate of drug-likeness (QED) is 0.715. The van der Waals surface area contributed by atoms with Crippen molar-refractivity contribution >= 4 is 10.1 Å². The molecule has 0 aliphatic heterocycles. The Labute approximate surface area is 135 Å². The third-order valence-electron chi connectivity index (χ3n) is 6.50. The molecule has 4 aliphatic rings. The van der Waals surface area contributed by atoms with Crippen LogP contribution in [0.2, 0.25) is 0 Å². The lowest BCUT2D eigenvalue weighted by molar-refractivity contribution is -0.201. The van der Waals surface area contributed by atoms with E-state index in [2.05, 4.69) is 0 Å². The SMILES string of the molecule is CCC1(O)C2CC3CC1CC(C2)C3COCC(F)(F)S(=O)(=O)O. The Morgan fingerprint density at radius 1 is 1.17 bits per heavy atom. The molecular formula is C15H24F2O5S. The maximum atomic E-state index is 13.2. The topological polar surface area (TPSA) is 83.8 Å². The predicted molar refractivity (Wildman–Crippen MR) is 78.5 cm³/mol. The molecule has 0 spiro atoms. The van der Waals surface area contributed by atoms with Gasteiger partial charge in [0.05, 0.1) is 12.2 Å². The standard InChI is InChI=1S/C15H24F2O5S/c1-2-14(18)11-3-9-4-12(14)6-10(5-11)13(9)7-22-8-15(16,17)23(19,20)21/h9-13,18H,2-8H2,1H3,(H,19,20,21). The Bertz CT molecular complexity index is 532. The van der Waals surface area contributed by atoms with Crippen LogP contribution in [0.15, 0.2) is 0 Å². The lowest BCUT2D eigenvalue weighted by atomic mass is 9.46. The van der Waals surface area contributed by atoms with E-state index in [-0.39, 0.29) is 24.4 Å². The number of aliphatic hydroxyl groups is 1. The summed E-state index contributed by atoms with van der Waals surface area (Å²) in [7, 11) is -5.44. The van der Waals surface area contributed by atoms with E-state index >= 15 is 0 Å². The zero-order valence-corrected chi connectivity index (χ0v) is 13.9.